The Morgan fingerprint density at radius 2 is 2.44 bits per heavy atom. The van der Waals surface area contributed by atoms with Crippen molar-refractivity contribution in [1.82, 2.24) is 9.97 Å². The molecule has 1 fully saturated rings. The van der Waals surface area contributed by atoms with Crippen molar-refractivity contribution in [1.29, 1.82) is 0 Å². The molecule has 1 aromatic rings. The maximum absolute atomic E-state index is 10.9. The molecule has 1 heterocycles. The topological polar surface area (TPSA) is 119 Å². The number of hydrazine groups is 1. The molecule has 8 nitrogen and oxygen atoms in total. The zero-order valence-electron chi connectivity index (χ0n) is 10.1. The molecule has 1 aliphatic rings. The molecule has 2 unspecified atom stereocenters. The Kier molecular flexibility index (Phi) is 3.56. The molecule has 1 aliphatic carbocycles. The van der Waals surface area contributed by atoms with E-state index >= 15 is 0 Å². The third-order valence-corrected chi connectivity index (χ3v) is 3.00. The molecule has 0 saturated heterocycles. The van der Waals surface area contributed by atoms with Gasteiger partial charge in [0.1, 0.15) is 6.20 Å². The van der Waals surface area contributed by atoms with Crippen molar-refractivity contribution in [3.05, 3.63) is 16.3 Å². The fraction of sp³-hybridized carbons (Fsp3) is 0.600. The standard InChI is InChI=1S/C10H16N6O2/c1-2-3-6-4-7(6)13-9-8(16(17)18)5-12-10(14-9)15-11/h5-7H,2-4,11H2,1H3,(H2,12,13,14,15). The van der Waals surface area contributed by atoms with Gasteiger partial charge in [-0.25, -0.2) is 10.8 Å². The number of hydrogen-bond acceptors (Lipinski definition) is 7. The molecule has 0 aromatic carbocycles. The van der Waals surface area contributed by atoms with Crippen LogP contribution in [0.15, 0.2) is 6.20 Å². The maximum atomic E-state index is 10.9. The number of rotatable bonds is 6. The van der Waals surface area contributed by atoms with Gasteiger partial charge in [-0.2, -0.15) is 4.98 Å². The van der Waals surface area contributed by atoms with E-state index in [9.17, 15) is 10.1 Å². The first kappa shape index (κ1) is 12.5. The zero-order chi connectivity index (χ0) is 13.1. The number of nitrogens with two attached hydrogens (primary N) is 1. The largest absolute Gasteiger partial charge is 0.361 e. The summed E-state index contributed by atoms with van der Waals surface area (Å²) >= 11 is 0. The second-order valence-electron chi connectivity index (χ2n) is 4.36. The molecule has 0 spiro atoms. The fourth-order valence-electron chi connectivity index (χ4n) is 1.97. The van der Waals surface area contributed by atoms with Crippen LogP contribution in [0.2, 0.25) is 0 Å². The van der Waals surface area contributed by atoms with Crippen LogP contribution in [-0.2, 0) is 0 Å². The summed E-state index contributed by atoms with van der Waals surface area (Å²) in [6.45, 7) is 2.12. The molecular weight excluding hydrogens is 236 g/mol. The van der Waals surface area contributed by atoms with E-state index in [4.69, 9.17) is 5.84 Å². The summed E-state index contributed by atoms with van der Waals surface area (Å²) in [7, 11) is 0. The highest BCUT2D eigenvalue weighted by atomic mass is 16.6. The molecule has 0 amide bonds. The van der Waals surface area contributed by atoms with Gasteiger partial charge in [0.25, 0.3) is 0 Å². The van der Waals surface area contributed by atoms with Crippen molar-refractivity contribution in [3.63, 3.8) is 0 Å². The molecule has 0 aliphatic heterocycles. The van der Waals surface area contributed by atoms with Crippen molar-refractivity contribution in [3.8, 4) is 0 Å². The van der Waals surface area contributed by atoms with Crippen LogP contribution < -0.4 is 16.6 Å². The lowest BCUT2D eigenvalue weighted by molar-refractivity contribution is -0.384. The Morgan fingerprint density at radius 1 is 1.67 bits per heavy atom. The van der Waals surface area contributed by atoms with Crippen molar-refractivity contribution >= 4 is 17.5 Å². The molecule has 4 N–H and O–H groups in total. The predicted octanol–water partition coefficient (Wildman–Crippen LogP) is 1.27. The Hall–Kier alpha value is -1.96. The molecular formula is C10H16N6O2. The van der Waals surface area contributed by atoms with Crippen molar-refractivity contribution in [2.45, 2.75) is 32.2 Å². The van der Waals surface area contributed by atoms with E-state index in [2.05, 4.69) is 27.6 Å². The van der Waals surface area contributed by atoms with E-state index in [0.717, 1.165) is 25.5 Å². The van der Waals surface area contributed by atoms with Gasteiger partial charge in [-0.3, -0.25) is 15.5 Å². The van der Waals surface area contributed by atoms with Crippen LogP contribution in [0.25, 0.3) is 0 Å². The first-order valence-electron chi connectivity index (χ1n) is 5.90. The SMILES string of the molecule is CCCC1CC1Nc1nc(NN)ncc1[N+](=O)[O-]. The number of nitrogens with zero attached hydrogens (tertiary/aromatic N) is 3. The minimum Gasteiger partial charge on any atom is -0.361 e. The predicted molar refractivity (Wildman–Crippen MR) is 66.9 cm³/mol. The molecule has 2 atom stereocenters. The van der Waals surface area contributed by atoms with Crippen LogP contribution >= 0.6 is 0 Å². The quantitative estimate of drug-likeness (QED) is 0.396. The molecule has 1 saturated carbocycles. The Bertz CT molecular complexity index is 452. The Morgan fingerprint density at radius 3 is 3.06 bits per heavy atom. The highest BCUT2D eigenvalue weighted by Gasteiger charge is 2.37. The van der Waals surface area contributed by atoms with Crippen LogP contribution in [0.1, 0.15) is 26.2 Å². The van der Waals surface area contributed by atoms with Crippen LogP contribution in [-0.4, -0.2) is 20.9 Å². The monoisotopic (exact) mass is 252 g/mol. The summed E-state index contributed by atoms with van der Waals surface area (Å²) in [4.78, 5) is 18.1. The van der Waals surface area contributed by atoms with Crippen molar-refractivity contribution < 1.29 is 4.92 Å². The van der Waals surface area contributed by atoms with Gasteiger partial charge in [-0.15, -0.1) is 0 Å². The minimum absolute atomic E-state index is 0.129. The average Bonchev–Trinajstić information content (AvgIpc) is 3.07. The van der Waals surface area contributed by atoms with E-state index < -0.39 is 4.92 Å². The third-order valence-electron chi connectivity index (χ3n) is 3.00. The molecule has 0 bridgehead atoms. The van der Waals surface area contributed by atoms with Gasteiger partial charge in [-0.1, -0.05) is 13.3 Å². The average molecular weight is 252 g/mol. The first-order chi connectivity index (χ1) is 8.65. The highest BCUT2D eigenvalue weighted by Crippen LogP contribution is 2.38. The number of hydrogen-bond donors (Lipinski definition) is 3. The number of nitrogen functional groups attached to an aromatic ring is 1. The molecule has 18 heavy (non-hydrogen) atoms. The van der Waals surface area contributed by atoms with E-state index in [1.165, 1.54) is 0 Å². The highest BCUT2D eigenvalue weighted by molar-refractivity contribution is 5.58. The number of anilines is 2. The minimum atomic E-state index is -0.500. The van der Waals surface area contributed by atoms with Gasteiger partial charge in [0.15, 0.2) is 0 Å². The van der Waals surface area contributed by atoms with Crippen molar-refractivity contribution in [2.24, 2.45) is 11.8 Å². The van der Waals surface area contributed by atoms with Gasteiger partial charge in [-0.05, 0) is 18.8 Å². The Balaban J connectivity index is 2.12. The second kappa shape index (κ2) is 5.13. The van der Waals surface area contributed by atoms with Crippen LogP contribution in [0, 0.1) is 16.0 Å². The van der Waals surface area contributed by atoms with E-state index in [1.807, 2.05) is 0 Å². The van der Waals surface area contributed by atoms with Crippen LogP contribution in [0.5, 0.6) is 0 Å². The summed E-state index contributed by atoms with van der Waals surface area (Å²) in [5.41, 5.74) is 2.15. The van der Waals surface area contributed by atoms with E-state index in [0.29, 0.717) is 5.92 Å². The lowest BCUT2D eigenvalue weighted by Gasteiger charge is -2.06. The van der Waals surface area contributed by atoms with Crippen LogP contribution in [0.3, 0.4) is 0 Å². The number of nitro groups is 1. The molecule has 98 valence electrons. The summed E-state index contributed by atoms with van der Waals surface area (Å²) in [6, 6.07) is 0.268. The molecule has 2 rings (SSSR count). The van der Waals surface area contributed by atoms with E-state index in [-0.39, 0.29) is 23.5 Å². The molecule has 8 heteroatoms. The summed E-state index contributed by atoms with van der Waals surface area (Å²) < 4.78 is 0. The summed E-state index contributed by atoms with van der Waals surface area (Å²) in [6.07, 6.45) is 4.42. The smallest absolute Gasteiger partial charge is 0.329 e. The van der Waals surface area contributed by atoms with Gasteiger partial charge < -0.3 is 5.32 Å². The maximum Gasteiger partial charge on any atom is 0.329 e. The normalized spacial score (nSPS) is 21.4. The lowest BCUT2D eigenvalue weighted by atomic mass is 10.2. The zero-order valence-corrected chi connectivity index (χ0v) is 10.1. The summed E-state index contributed by atoms with van der Waals surface area (Å²) in [5.74, 6) is 6.17. The van der Waals surface area contributed by atoms with Gasteiger partial charge in [0.2, 0.25) is 11.8 Å². The lowest BCUT2D eigenvalue weighted by Crippen LogP contribution is -2.14. The van der Waals surface area contributed by atoms with Gasteiger partial charge in [0.05, 0.1) is 4.92 Å². The third kappa shape index (κ3) is 2.65. The van der Waals surface area contributed by atoms with Gasteiger partial charge in [0, 0.05) is 6.04 Å². The van der Waals surface area contributed by atoms with Crippen LogP contribution in [0.4, 0.5) is 17.5 Å². The first-order valence-corrected chi connectivity index (χ1v) is 5.90. The fourth-order valence-corrected chi connectivity index (χ4v) is 1.97. The van der Waals surface area contributed by atoms with Gasteiger partial charge >= 0.3 is 5.69 Å². The molecule has 0 radical (unpaired) electrons. The molecule has 1 aromatic heterocycles. The van der Waals surface area contributed by atoms with E-state index in [1.54, 1.807) is 0 Å². The summed E-state index contributed by atoms with van der Waals surface area (Å²) in [5, 5.41) is 14.0. The Labute approximate surface area is 104 Å². The number of aromatic nitrogens is 2. The second-order valence-corrected chi connectivity index (χ2v) is 4.36. The van der Waals surface area contributed by atoms with Crippen molar-refractivity contribution in [2.75, 3.05) is 10.7 Å². The number of nitrogens with one attached hydrogen (secondary N) is 2.